The number of carbonyl (C=O) groups is 1. The molecule has 2 aromatic carbocycles. The minimum absolute atomic E-state index is 0.249. The third kappa shape index (κ3) is 2.30. The summed E-state index contributed by atoms with van der Waals surface area (Å²) in [5, 5.41) is 0. The number of ether oxygens (including phenoxy) is 1. The van der Waals surface area contributed by atoms with Gasteiger partial charge in [-0.1, -0.05) is 24.3 Å². The second-order valence-corrected chi connectivity index (χ2v) is 5.91. The molecule has 0 amide bonds. The number of hydrogen-bond acceptors (Lipinski definition) is 4. The van der Waals surface area contributed by atoms with Crippen LogP contribution < -0.4 is 9.80 Å². The molecule has 0 fully saturated rings. The van der Waals surface area contributed by atoms with Crippen molar-refractivity contribution in [2.45, 2.75) is 6.10 Å². The molecule has 0 spiro atoms. The van der Waals surface area contributed by atoms with E-state index in [0.717, 1.165) is 22.5 Å². The molecule has 1 heterocycles. The van der Waals surface area contributed by atoms with Crippen LogP contribution >= 0.6 is 0 Å². The number of carbonyl (C=O) groups excluding carboxylic acids is 1. The van der Waals surface area contributed by atoms with Crippen molar-refractivity contribution in [2.24, 2.45) is 0 Å². The van der Waals surface area contributed by atoms with E-state index in [9.17, 15) is 4.79 Å². The molecule has 2 aromatic rings. The van der Waals surface area contributed by atoms with Crippen molar-refractivity contribution in [1.29, 1.82) is 0 Å². The number of fused-ring (bicyclic) bond motifs is 1. The second kappa shape index (κ2) is 5.37. The fourth-order valence-corrected chi connectivity index (χ4v) is 2.80. The molecule has 22 heavy (non-hydrogen) atoms. The number of benzene rings is 2. The van der Waals surface area contributed by atoms with Gasteiger partial charge in [-0.05, 0) is 23.8 Å². The topological polar surface area (TPSA) is 32.8 Å². The Balaban J connectivity index is 2.03. The zero-order valence-electron chi connectivity index (χ0n) is 13.3. The molecule has 4 heteroatoms. The average Bonchev–Trinajstić information content (AvgIpc) is 2.84. The molecule has 3 rings (SSSR count). The molecule has 0 aliphatic carbocycles. The summed E-state index contributed by atoms with van der Waals surface area (Å²) in [4.78, 5) is 16.3. The Morgan fingerprint density at radius 3 is 2.18 bits per heavy atom. The lowest BCUT2D eigenvalue weighted by molar-refractivity contribution is 0.0456. The van der Waals surface area contributed by atoms with Crippen LogP contribution in [-0.2, 0) is 4.74 Å². The molecule has 1 aliphatic rings. The predicted octanol–water partition coefficient (Wildman–Crippen LogP) is 3.08. The minimum atomic E-state index is -0.321. The predicted molar refractivity (Wildman–Crippen MR) is 88.8 cm³/mol. The Morgan fingerprint density at radius 1 is 0.909 bits per heavy atom. The zero-order valence-corrected chi connectivity index (χ0v) is 13.3. The summed E-state index contributed by atoms with van der Waals surface area (Å²) in [5.41, 5.74) is 4.63. The Bertz CT molecular complexity index is 706. The largest absolute Gasteiger partial charge is 0.449 e. The van der Waals surface area contributed by atoms with Crippen molar-refractivity contribution < 1.29 is 9.53 Å². The van der Waals surface area contributed by atoms with E-state index < -0.39 is 0 Å². The number of cyclic esters (lactones) is 1. The normalized spacial score (nSPS) is 16.2. The number of nitrogens with zero attached hydrogens (tertiary/aromatic N) is 2. The summed E-state index contributed by atoms with van der Waals surface area (Å²) in [5.74, 6) is -0.249. The maximum Gasteiger partial charge on any atom is 0.341 e. The van der Waals surface area contributed by atoms with E-state index >= 15 is 0 Å². The highest BCUT2D eigenvalue weighted by molar-refractivity contribution is 6.00. The van der Waals surface area contributed by atoms with E-state index in [1.807, 2.05) is 80.5 Å². The first-order chi connectivity index (χ1) is 10.5. The molecule has 1 aliphatic heterocycles. The molecule has 1 unspecified atom stereocenters. The fraction of sp³-hybridized carbons (Fsp3) is 0.278. The quantitative estimate of drug-likeness (QED) is 0.815. The van der Waals surface area contributed by atoms with Gasteiger partial charge in [0, 0.05) is 39.4 Å². The van der Waals surface area contributed by atoms with Crippen molar-refractivity contribution in [3.05, 3.63) is 59.2 Å². The lowest BCUT2D eigenvalue weighted by atomic mass is 9.97. The third-order valence-corrected chi connectivity index (χ3v) is 3.98. The number of anilines is 2. The van der Waals surface area contributed by atoms with Crippen LogP contribution in [0.5, 0.6) is 0 Å². The molecular formula is C18H20N2O2. The summed E-state index contributed by atoms with van der Waals surface area (Å²) in [6.07, 6.45) is -0.321. The summed E-state index contributed by atoms with van der Waals surface area (Å²) in [6.45, 7) is 0. The Kier molecular flexibility index (Phi) is 3.53. The molecule has 0 bridgehead atoms. The first kappa shape index (κ1) is 14.4. The van der Waals surface area contributed by atoms with Crippen LogP contribution in [0.25, 0.3) is 0 Å². The van der Waals surface area contributed by atoms with Gasteiger partial charge in [-0.25, -0.2) is 4.79 Å². The number of esters is 1. The van der Waals surface area contributed by atoms with Gasteiger partial charge in [0.1, 0.15) is 0 Å². The standard InChI is InChI=1S/C18H20N2O2/c1-19(2)13-10-8-12(9-11-13)17-14-6-5-7-15(20(3)4)16(14)18(21)22-17/h5-11,17H,1-4H3. The fourth-order valence-electron chi connectivity index (χ4n) is 2.80. The van der Waals surface area contributed by atoms with Crippen LogP contribution in [0.2, 0.25) is 0 Å². The SMILES string of the molecule is CN(C)c1ccc(C2OC(=O)c3c2cccc3N(C)C)cc1. The number of hydrogen-bond donors (Lipinski definition) is 0. The van der Waals surface area contributed by atoms with Crippen LogP contribution in [0.3, 0.4) is 0 Å². The molecule has 1 atom stereocenters. The van der Waals surface area contributed by atoms with E-state index in [-0.39, 0.29) is 12.1 Å². The van der Waals surface area contributed by atoms with Gasteiger partial charge in [-0.15, -0.1) is 0 Å². The zero-order chi connectivity index (χ0) is 15.9. The molecule has 0 aromatic heterocycles. The Hall–Kier alpha value is -2.49. The van der Waals surface area contributed by atoms with E-state index in [4.69, 9.17) is 4.74 Å². The van der Waals surface area contributed by atoms with E-state index in [2.05, 4.69) is 0 Å². The molecule has 0 saturated heterocycles. The maximum absolute atomic E-state index is 12.3. The lowest BCUT2D eigenvalue weighted by Crippen LogP contribution is -2.12. The van der Waals surface area contributed by atoms with Crippen molar-refractivity contribution in [1.82, 2.24) is 0 Å². The second-order valence-electron chi connectivity index (χ2n) is 5.91. The van der Waals surface area contributed by atoms with E-state index in [1.54, 1.807) is 0 Å². The highest BCUT2D eigenvalue weighted by Gasteiger charge is 2.34. The third-order valence-electron chi connectivity index (χ3n) is 3.98. The summed E-state index contributed by atoms with van der Waals surface area (Å²) in [6, 6.07) is 14.0. The minimum Gasteiger partial charge on any atom is -0.449 e. The number of rotatable bonds is 3. The van der Waals surface area contributed by atoms with Crippen LogP contribution in [0.4, 0.5) is 11.4 Å². The highest BCUT2D eigenvalue weighted by Crippen LogP contribution is 2.40. The average molecular weight is 296 g/mol. The van der Waals surface area contributed by atoms with Gasteiger partial charge >= 0.3 is 5.97 Å². The maximum atomic E-state index is 12.3. The van der Waals surface area contributed by atoms with E-state index in [1.165, 1.54) is 0 Å². The molecule has 0 N–H and O–H groups in total. The van der Waals surface area contributed by atoms with Gasteiger partial charge in [-0.3, -0.25) is 0 Å². The van der Waals surface area contributed by atoms with Crippen LogP contribution in [-0.4, -0.2) is 34.2 Å². The monoisotopic (exact) mass is 296 g/mol. The summed E-state index contributed by atoms with van der Waals surface area (Å²) < 4.78 is 5.63. The van der Waals surface area contributed by atoms with Crippen molar-refractivity contribution in [3.8, 4) is 0 Å². The molecular weight excluding hydrogens is 276 g/mol. The molecule has 114 valence electrons. The van der Waals surface area contributed by atoms with Gasteiger partial charge in [0.25, 0.3) is 0 Å². The summed E-state index contributed by atoms with van der Waals surface area (Å²) in [7, 11) is 7.87. The molecule has 0 saturated carbocycles. The van der Waals surface area contributed by atoms with Gasteiger partial charge in [0.05, 0.1) is 11.3 Å². The van der Waals surface area contributed by atoms with Crippen molar-refractivity contribution >= 4 is 17.3 Å². The lowest BCUT2D eigenvalue weighted by Gasteiger charge is -2.16. The van der Waals surface area contributed by atoms with E-state index in [0.29, 0.717) is 5.56 Å². The van der Waals surface area contributed by atoms with Gasteiger partial charge < -0.3 is 14.5 Å². The summed E-state index contributed by atoms with van der Waals surface area (Å²) >= 11 is 0. The van der Waals surface area contributed by atoms with Crippen molar-refractivity contribution in [2.75, 3.05) is 38.0 Å². The van der Waals surface area contributed by atoms with Crippen LogP contribution in [0, 0.1) is 0 Å². The van der Waals surface area contributed by atoms with Crippen LogP contribution in [0.1, 0.15) is 27.6 Å². The molecule has 4 nitrogen and oxygen atoms in total. The smallest absolute Gasteiger partial charge is 0.341 e. The molecule has 0 radical (unpaired) electrons. The Labute approximate surface area is 130 Å². The van der Waals surface area contributed by atoms with Gasteiger partial charge in [0.2, 0.25) is 0 Å². The van der Waals surface area contributed by atoms with Gasteiger partial charge in [-0.2, -0.15) is 0 Å². The first-order valence-corrected chi connectivity index (χ1v) is 7.27. The van der Waals surface area contributed by atoms with Gasteiger partial charge in [0.15, 0.2) is 6.10 Å². The van der Waals surface area contributed by atoms with Crippen LogP contribution in [0.15, 0.2) is 42.5 Å². The first-order valence-electron chi connectivity index (χ1n) is 7.27. The van der Waals surface area contributed by atoms with Crippen molar-refractivity contribution in [3.63, 3.8) is 0 Å². The Morgan fingerprint density at radius 2 is 1.59 bits per heavy atom. The highest BCUT2D eigenvalue weighted by atomic mass is 16.5.